The van der Waals surface area contributed by atoms with Gasteiger partial charge < -0.3 is 5.32 Å². The molecule has 9 nitrogen and oxygen atoms in total. The maximum atomic E-state index is 13.2. The van der Waals surface area contributed by atoms with E-state index in [4.69, 9.17) is 9.97 Å². The molecule has 2 aliphatic rings. The van der Waals surface area contributed by atoms with Crippen molar-refractivity contribution in [1.29, 1.82) is 0 Å². The molecule has 1 aliphatic carbocycles. The number of rotatable bonds is 3. The second-order valence-corrected chi connectivity index (χ2v) is 8.07. The van der Waals surface area contributed by atoms with E-state index in [1.807, 2.05) is 28.3 Å². The number of imidazole rings is 1. The van der Waals surface area contributed by atoms with Crippen molar-refractivity contribution < 1.29 is 0 Å². The minimum Gasteiger partial charge on any atom is -0.322 e. The first kappa shape index (κ1) is 16.7. The van der Waals surface area contributed by atoms with Crippen LogP contribution in [0.2, 0.25) is 0 Å². The number of nitrogens with zero attached hydrogens (tertiary/aromatic N) is 7. The molecule has 6 rings (SSSR count). The molecular weight excluding hydrogens is 368 g/mol. The van der Waals surface area contributed by atoms with Crippen LogP contribution in [-0.2, 0) is 13.0 Å². The Morgan fingerprint density at radius 3 is 2.90 bits per heavy atom. The summed E-state index contributed by atoms with van der Waals surface area (Å²) in [5, 5.41) is 7.57. The molecule has 0 spiro atoms. The number of pyridine rings is 1. The molecule has 148 valence electrons. The number of hydrogen-bond donors (Lipinski definition) is 1. The van der Waals surface area contributed by atoms with Crippen molar-refractivity contribution in [2.24, 2.45) is 0 Å². The average molecular weight is 390 g/mol. The fourth-order valence-corrected chi connectivity index (χ4v) is 4.79. The second kappa shape index (κ2) is 6.13. The van der Waals surface area contributed by atoms with Gasteiger partial charge in [0.2, 0.25) is 5.95 Å². The minimum absolute atomic E-state index is 0.0690. The molecule has 9 heteroatoms. The average Bonchev–Trinajstić information content (AvgIpc) is 3.44. The van der Waals surface area contributed by atoms with E-state index in [0.29, 0.717) is 5.95 Å². The van der Waals surface area contributed by atoms with E-state index in [0.717, 1.165) is 66.0 Å². The molecule has 4 aromatic heterocycles. The molecule has 5 heterocycles. The Bertz CT molecular complexity index is 1310. The molecule has 29 heavy (non-hydrogen) atoms. The number of nitrogens with one attached hydrogen (secondary N) is 1. The van der Waals surface area contributed by atoms with Gasteiger partial charge in [0.1, 0.15) is 11.8 Å². The standard InChI is InChI=1S/C20H22N8O/c1-12-9-16-21-11-22-27(16)10-15(12)24-19-23-14-7-4-8-26-17(14)18(25-19)28(20(26)29)13-5-2-3-6-13/h9-11,13H,2-8H2,1H3,(H,23,24,25). The monoisotopic (exact) mass is 390 g/mol. The van der Waals surface area contributed by atoms with Crippen molar-refractivity contribution in [3.8, 4) is 0 Å². The zero-order chi connectivity index (χ0) is 19.5. The Hall–Kier alpha value is -3.23. The highest BCUT2D eigenvalue weighted by molar-refractivity contribution is 5.77. The Labute approximate surface area is 166 Å². The fraction of sp³-hybridized carbons (Fsp3) is 0.450. The first-order valence-corrected chi connectivity index (χ1v) is 10.3. The van der Waals surface area contributed by atoms with Crippen LogP contribution in [-0.4, -0.2) is 33.7 Å². The van der Waals surface area contributed by atoms with Crippen molar-refractivity contribution in [3.05, 3.63) is 40.3 Å². The third-order valence-electron chi connectivity index (χ3n) is 6.23. The maximum Gasteiger partial charge on any atom is 0.330 e. The topological polar surface area (TPSA) is 94.9 Å². The van der Waals surface area contributed by atoms with Crippen molar-refractivity contribution in [2.45, 2.75) is 58.0 Å². The first-order chi connectivity index (χ1) is 14.2. The van der Waals surface area contributed by atoms with Crippen molar-refractivity contribution in [3.63, 3.8) is 0 Å². The van der Waals surface area contributed by atoms with Gasteiger partial charge in [0.15, 0.2) is 11.3 Å². The van der Waals surface area contributed by atoms with Crippen molar-refractivity contribution >= 4 is 28.4 Å². The summed E-state index contributed by atoms with van der Waals surface area (Å²) in [5.41, 5.74) is 5.42. The highest BCUT2D eigenvalue weighted by Gasteiger charge is 2.28. The minimum atomic E-state index is 0.0690. The van der Waals surface area contributed by atoms with E-state index in [2.05, 4.69) is 15.4 Å². The van der Waals surface area contributed by atoms with Crippen molar-refractivity contribution in [1.82, 2.24) is 33.7 Å². The highest BCUT2D eigenvalue weighted by atomic mass is 16.1. The summed E-state index contributed by atoms with van der Waals surface area (Å²) in [7, 11) is 0. The molecule has 0 radical (unpaired) electrons. The Morgan fingerprint density at radius 1 is 1.17 bits per heavy atom. The summed E-state index contributed by atoms with van der Waals surface area (Å²) in [6.45, 7) is 2.77. The SMILES string of the molecule is Cc1cc2ncnn2cc1Nc1nc2c3c(n1)n(C1CCCC1)c(=O)n3CCC2. The normalized spacial score (nSPS) is 16.9. The van der Waals surface area contributed by atoms with E-state index in [1.54, 1.807) is 4.52 Å². The molecule has 1 aliphatic heterocycles. The number of anilines is 2. The van der Waals surface area contributed by atoms with Crippen LogP contribution in [0.5, 0.6) is 0 Å². The Balaban J connectivity index is 1.51. The first-order valence-electron chi connectivity index (χ1n) is 10.3. The maximum absolute atomic E-state index is 13.2. The molecule has 0 bridgehead atoms. The van der Waals surface area contributed by atoms with Gasteiger partial charge >= 0.3 is 5.69 Å². The summed E-state index contributed by atoms with van der Waals surface area (Å²) in [6.07, 6.45) is 9.65. The summed E-state index contributed by atoms with van der Waals surface area (Å²) < 4.78 is 5.53. The molecule has 0 saturated heterocycles. The van der Waals surface area contributed by atoms with Crippen molar-refractivity contribution in [2.75, 3.05) is 5.32 Å². The zero-order valence-electron chi connectivity index (χ0n) is 16.3. The van der Waals surface area contributed by atoms with E-state index in [-0.39, 0.29) is 11.7 Å². The Kier molecular flexibility index (Phi) is 3.53. The molecule has 1 saturated carbocycles. The summed E-state index contributed by atoms with van der Waals surface area (Å²) >= 11 is 0. The number of hydrogen-bond acceptors (Lipinski definition) is 6. The molecule has 4 aromatic rings. The van der Waals surface area contributed by atoms with E-state index in [9.17, 15) is 4.79 Å². The Morgan fingerprint density at radius 2 is 2.03 bits per heavy atom. The van der Waals surface area contributed by atoms with E-state index >= 15 is 0 Å². The van der Waals surface area contributed by atoms with Gasteiger partial charge in [0, 0.05) is 12.6 Å². The van der Waals surface area contributed by atoms with Crippen LogP contribution in [0.3, 0.4) is 0 Å². The predicted molar refractivity (Wildman–Crippen MR) is 109 cm³/mol. The third-order valence-corrected chi connectivity index (χ3v) is 6.23. The number of aryl methyl sites for hydroxylation is 3. The van der Waals surface area contributed by atoms with Gasteiger partial charge in [-0.3, -0.25) is 9.13 Å². The van der Waals surface area contributed by atoms with E-state index < -0.39 is 0 Å². The molecule has 1 N–H and O–H groups in total. The van der Waals surface area contributed by atoms with Gasteiger partial charge in [0.05, 0.1) is 17.6 Å². The smallest absolute Gasteiger partial charge is 0.322 e. The van der Waals surface area contributed by atoms with E-state index in [1.165, 1.54) is 19.2 Å². The lowest BCUT2D eigenvalue weighted by atomic mass is 10.1. The van der Waals surface area contributed by atoms with Crippen LogP contribution in [0.4, 0.5) is 11.6 Å². The predicted octanol–water partition coefficient (Wildman–Crippen LogP) is 2.75. The summed E-state index contributed by atoms with van der Waals surface area (Å²) in [4.78, 5) is 27.0. The van der Waals surface area contributed by atoms with Gasteiger partial charge in [-0.15, -0.1) is 0 Å². The lowest BCUT2D eigenvalue weighted by Crippen LogP contribution is -2.27. The highest BCUT2D eigenvalue weighted by Crippen LogP contribution is 2.33. The molecule has 1 fully saturated rings. The van der Waals surface area contributed by atoms with Crippen LogP contribution in [0.15, 0.2) is 23.4 Å². The quantitative estimate of drug-likeness (QED) is 0.578. The fourth-order valence-electron chi connectivity index (χ4n) is 4.79. The van der Waals surface area contributed by atoms with Gasteiger partial charge in [-0.1, -0.05) is 12.8 Å². The van der Waals surface area contributed by atoms with Gasteiger partial charge in [-0.2, -0.15) is 10.1 Å². The van der Waals surface area contributed by atoms with Gasteiger partial charge in [-0.05, 0) is 44.2 Å². The largest absolute Gasteiger partial charge is 0.330 e. The molecule has 0 unspecified atom stereocenters. The second-order valence-electron chi connectivity index (χ2n) is 8.07. The van der Waals surface area contributed by atoms with Gasteiger partial charge in [0.25, 0.3) is 0 Å². The lowest BCUT2D eigenvalue weighted by molar-refractivity contribution is 0.494. The van der Waals surface area contributed by atoms with Gasteiger partial charge in [-0.25, -0.2) is 19.3 Å². The third kappa shape index (κ3) is 2.49. The molecular formula is C20H22N8O. The zero-order valence-corrected chi connectivity index (χ0v) is 16.3. The summed E-state index contributed by atoms with van der Waals surface area (Å²) in [5.74, 6) is 0.529. The van der Waals surface area contributed by atoms with Crippen LogP contribution in [0, 0.1) is 6.92 Å². The summed E-state index contributed by atoms with van der Waals surface area (Å²) in [6, 6.07) is 2.22. The molecule has 0 amide bonds. The number of fused-ring (bicyclic) bond motifs is 1. The van der Waals surface area contributed by atoms with Crippen LogP contribution < -0.4 is 11.0 Å². The van der Waals surface area contributed by atoms with Crippen LogP contribution in [0.1, 0.15) is 49.4 Å². The van der Waals surface area contributed by atoms with Crippen LogP contribution in [0.25, 0.3) is 16.8 Å². The number of aromatic nitrogens is 7. The van der Waals surface area contributed by atoms with Crippen LogP contribution >= 0.6 is 0 Å². The molecule has 0 atom stereocenters. The lowest BCUT2D eigenvalue weighted by Gasteiger charge is -2.15. The molecule has 0 aromatic carbocycles.